The van der Waals surface area contributed by atoms with Crippen LogP contribution in [-0.2, 0) is 9.59 Å². The molecular formula is C20H27N3O3. The summed E-state index contributed by atoms with van der Waals surface area (Å²) in [5.41, 5.74) is 0.996. The summed E-state index contributed by atoms with van der Waals surface area (Å²) in [7, 11) is 1.65. The molecule has 3 rings (SSSR count). The van der Waals surface area contributed by atoms with Crippen LogP contribution in [-0.4, -0.2) is 56.0 Å². The van der Waals surface area contributed by atoms with Crippen LogP contribution in [0.25, 0.3) is 6.08 Å². The van der Waals surface area contributed by atoms with Gasteiger partial charge in [-0.2, -0.15) is 0 Å². The molecule has 0 unspecified atom stereocenters. The van der Waals surface area contributed by atoms with E-state index in [-0.39, 0.29) is 18.2 Å². The van der Waals surface area contributed by atoms with Crippen molar-refractivity contribution in [2.75, 3.05) is 33.3 Å². The molecule has 1 saturated carbocycles. The molecule has 1 saturated heterocycles. The fraction of sp³-hybridized carbons (Fsp3) is 0.500. The molecule has 140 valence electrons. The van der Waals surface area contributed by atoms with Crippen molar-refractivity contribution in [3.05, 3.63) is 35.9 Å². The quantitative estimate of drug-likeness (QED) is 0.738. The van der Waals surface area contributed by atoms with Crippen LogP contribution in [0.1, 0.15) is 24.8 Å². The number of carbonyl (C=O) groups excluding carboxylic acids is 2. The van der Waals surface area contributed by atoms with Gasteiger partial charge in [-0.25, -0.2) is 0 Å². The van der Waals surface area contributed by atoms with Gasteiger partial charge in [0.1, 0.15) is 5.75 Å². The summed E-state index contributed by atoms with van der Waals surface area (Å²) in [6.45, 7) is 2.71. The summed E-state index contributed by atoms with van der Waals surface area (Å²) in [5.74, 6) is 1.34. The van der Waals surface area contributed by atoms with Crippen LogP contribution in [0.2, 0.25) is 0 Å². The second-order valence-corrected chi connectivity index (χ2v) is 6.90. The highest BCUT2D eigenvalue weighted by Crippen LogP contribution is 2.27. The van der Waals surface area contributed by atoms with Crippen LogP contribution in [0.3, 0.4) is 0 Å². The maximum Gasteiger partial charge on any atom is 0.237 e. The van der Waals surface area contributed by atoms with Crippen LogP contribution in [0.15, 0.2) is 30.3 Å². The fourth-order valence-corrected chi connectivity index (χ4v) is 3.15. The topological polar surface area (TPSA) is 70.7 Å². The van der Waals surface area contributed by atoms with Crippen molar-refractivity contribution in [1.82, 2.24) is 15.5 Å². The number of hydrogen-bond acceptors (Lipinski definition) is 4. The Hall–Kier alpha value is -2.34. The number of nitrogens with zero attached hydrogens (tertiary/aromatic N) is 1. The summed E-state index contributed by atoms with van der Waals surface area (Å²) >= 11 is 0. The largest absolute Gasteiger partial charge is 0.496 e. The third-order valence-electron chi connectivity index (χ3n) is 4.88. The first kappa shape index (κ1) is 18.5. The number of rotatable bonds is 8. The van der Waals surface area contributed by atoms with Crippen LogP contribution in [0.4, 0.5) is 0 Å². The van der Waals surface area contributed by atoms with E-state index >= 15 is 0 Å². The van der Waals surface area contributed by atoms with Gasteiger partial charge in [0.25, 0.3) is 0 Å². The molecule has 26 heavy (non-hydrogen) atoms. The molecule has 2 N–H and O–H groups in total. The number of para-hydroxylation sites is 1. The van der Waals surface area contributed by atoms with Crippen LogP contribution >= 0.6 is 0 Å². The predicted molar refractivity (Wildman–Crippen MR) is 101 cm³/mol. The zero-order chi connectivity index (χ0) is 18.4. The average molecular weight is 357 g/mol. The van der Waals surface area contributed by atoms with Crippen molar-refractivity contribution >= 4 is 17.9 Å². The molecule has 0 spiro atoms. The average Bonchev–Trinajstić information content (AvgIpc) is 3.47. The number of nitrogens with one attached hydrogen (secondary N) is 2. The van der Waals surface area contributed by atoms with E-state index in [9.17, 15) is 9.59 Å². The number of ether oxygens (including phenoxy) is 1. The van der Waals surface area contributed by atoms with E-state index < -0.39 is 6.04 Å². The molecule has 1 atom stereocenters. The first-order valence-corrected chi connectivity index (χ1v) is 9.25. The van der Waals surface area contributed by atoms with Gasteiger partial charge < -0.3 is 15.4 Å². The second kappa shape index (κ2) is 8.85. The van der Waals surface area contributed by atoms with Gasteiger partial charge in [0.2, 0.25) is 11.8 Å². The van der Waals surface area contributed by atoms with Crippen molar-refractivity contribution in [1.29, 1.82) is 0 Å². The summed E-state index contributed by atoms with van der Waals surface area (Å²) in [4.78, 5) is 26.5. The van der Waals surface area contributed by atoms with E-state index in [1.54, 1.807) is 7.11 Å². The van der Waals surface area contributed by atoms with E-state index in [4.69, 9.17) is 4.74 Å². The second-order valence-electron chi connectivity index (χ2n) is 6.90. The van der Waals surface area contributed by atoms with Crippen molar-refractivity contribution in [2.45, 2.75) is 25.3 Å². The van der Waals surface area contributed by atoms with Gasteiger partial charge in [-0.05, 0) is 24.8 Å². The van der Waals surface area contributed by atoms with Gasteiger partial charge in [0.15, 0.2) is 0 Å². The lowest BCUT2D eigenvalue weighted by Crippen LogP contribution is -2.56. The molecule has 6 nitrogen and oxygen atoms in total. The maximum atomic E-state index is 12.2. The van der Waals surface area contributed by atoms with Gasteiger partial charge in [-0.15, -0.1) is 0 Å². The molecular weight excluding hydrogens is 330 g/mol. The Kier molecular flexibility index (Phi) is 6.28. The highest BCUT2D eigenvalue weighted by molar-refractivity contribution is 5.88. The molecule has 0 aromatic heterocycles. The van der Waals surface area contributed by atoms with Gasteiger partial charge in [0, 0.05) is 31.7 Å². The summed E-state index contributed by atoms with van der Waals surface area (Å²) in [5, 5.41) is 5.82. The normalized spacial score (nSPS) is 20.8. The zero-order valence-electron chi connectivity index (χ0n) is 15.2. The molecule has 0 bridgehead atoms. The first-order valence-electron chi connectivity index (χ1n) is 9.25. The number of amides is 2. The minimum Gasteiger partial charge on any atom is -0.496 e. The molecule has 2 fully saturated rings. The molecule has 1 aliphatic heterocycles. The lowest BCUT2D eigenvalue weighted by Gasteiger charge is -2.33. The van der Waals surface area contributed by atoms with Crippen LogP contribution in [0.5, 0.6) is 5.75 Å². The fourth-order valence-electron chi connectivity index (χ4n) is 3.15. The third-order valence-corrected chi connectivity index (χ3v) is 4.88. The number of hydrogen-bond donors (Lipinski definition) is 2. The predicted octanol–water partition coefficient (Wildman–Crippen LogP) is 1.43. The Morgan fingerprint density at radius 1 is 1.38 bits per heavy atom. The zero-order valence-corrected chi connectivity index (χ0v) is 15.2. The summed E-state index contributed by atoms with van der Waals surface area (Å²) in [6.07, 6.45) is 6.62. The highest BCUT2D eigenvalue weighted by atomic mass is 16.5. The molecule has 0 radical (unpaired) electrons. The van der Waals surface area contributed by atoms with E-state index in [1.165, 1.54) is 12.8 Å². The number of piperazine rings is 1. The van der Waals surface area contributed by atoms with Gasteiger partial charge in [-0.1, -0.05) is 30.4 Å². The molecule has 1 aromatic rings. The maximum absolute atomic E-state index is 12.2. The van der Waals surface area contributed by atoms with Gasteiger partial charge in [-0.3, -0.25) is 14.5 Å². The Balaban J connectivity index is 1.57. The lowest BCUT2D eigenvalue weighted by atomic mass is 10.1. The number of benzene rings is 1. The lowest BCUT2D eigenvalue weighted by molar-refractivity contribution is -0.133. The highest BCUT2D eigenvalue weighted by Gasteiger charge is 2.31. The van der Waals surface area contributed by atoms with Crippen molar-refractivity contribution in [3.8, 4) is 5.75 Å². The van der Waals surface area contributed by atoms with E-state index in [1.807, 2.05) is 36.4 Å². The Morgan fingerprint density at radius 2 is 2.19 bits per heavy atom. The van der Waals surface area contributed by atoms with Crippen LogP contribution < -0.4 is 15.4 Å². The van der Waals surface area contributed by atoms with E-state index in [0.717, 1.165) is 24.4 Å². The van der Waals surface area contributed by atoms with Crippen molar-refractivity contribution in [2.24, 2.45) is 5.92 Å². The van der Waals surface area contributed by atoms with Crippen LogP contribution in [0, 0.1) is 5.92 Å². The van der Waals surface area contributed by atoms with E-state index in [0.29, 0.717) is 19.0 Å². The standard InChI is InChI=1S/C20H27N3O3/c1-26-18-7-3-2-5-16(18)6-4-11-23-12-10-21-20(25)17(23)13-19(24)22-14-15-8-9-15/h2-7,15,17H,8-14H2,1H3,(H,21,25)(H,22,24)/b6-4+/t17-/m0/s1. The third kappa shape index (κ3) is 5.08. The van der Waals surface area contributed by atoms with E-state index in [2.05, 4.69) is 15.5 Å². The van der Waals surface area contributed by atoms with Gasteiger partial charge in [0.05, 0.1) is 19.6 Å². The summed E-state index contributed by atoms with van der Waals surface area (Å²) < 4.78 is 5.35. The first-order chi connectivity index (χ1) is 12.7. The number of methoxy groups -OCH3 is 1. The SMILES string of the molecule is COc1ccccc1/C=C/CN1CCNC(=O)[C@@H]1CC(=O)NCC1CC1. The van der Waals surface area contributed by atoms with Crippen molar-refractivity contribution in [3.63, 3.8) is 0 Å². The number of carbonyl (C=O) groups is 2. The molecule has 1 aliphatic carbocycles. The molecule has 1 aromatic carbocycles. The minimum atomic E-state index is -0.412. The van der Waals surface area contributed by atoms with Gasteiger partial charge >= 0.3 is 0 Å². The molecule has 2 aliphatic rings. The summed E-state index contributed by atoms with van der Waals surface area (Å²) in [6, 6.07) is 7.39. The monoisotopic (exact) mass is 357 g/mol. The Morgan fingerprint density at radius 3 is 2.96 bits per heavy atom. The minimum absolute atomic E-state index is 0.0438. The molecule has 1 heterocycles. The Labute approximate surface area is 154 Å². The molecule has 2 amide bonds. The molecule has 6 heteroatoms. The smallest absolute Gasteiger partial charge is 0.237 e. The Bertz CT molecular complexity index is 670. The van der Waals surface area contributed by atoms with Crippen molar-refractivity contribution < 1.29 is 14.3 Å².